The number of aryl methyl sites for hydroxylation is 1. The van der Waals surface area contributed by atoms with Gasteiger partial charge in [0.1, 0.15) is 0 Å². The summed E-state index contributed by atoms with van der Waals surface area (Å²) in [6.45, 7) is 2.98. The van der Waals surface area contributed by atoms with Crippen molar-refractivity contribution in [1.29, 1.82) is 0 Å². The molecule has 3 nitrogen and oxygen atoms in total. The van der Waals surface area contributed by atoms with Crippen LogP contribution in [0.4, 0.5) is 4.39 Å². The Bertz CT molecular complexity index is 443. The Morgan fingerprint density at radius 1 is 1.44 bits per heavy atom. The Hall–Kier alpha value is -1.71. The van der Waals surface area contributed by atoms with Crippen LogP contribution in [0.5, 0.6) is 0 Å². The van der Waals surface area contributed by atoms with Crippen molar-refractivity contribution in [2.24, 2.45) is 0 Å². The van der Waals surface area contributed by atoms with Crippen molar-refractivity contribution in [3.8, 4) is 0 Å². The van der Waals surface area contributed by atoms with Gasteiger partial charge in [0.25, 0.3) is 5.91 Å². The Kier molecular flexibility index (Phi) is 2.99. The maximum atomic E-state index is 12.8. The Balaban J connectivity index is 2.23. The number of carbonyl (C=O) groups excluding carboxylic acids is 1. The average molecular weight is 220 g/mol. The third-order valence-electron chi connectivity index (χ3n) is 2.63. The second-order valence-corrected chi connectivity index (χ2v) is 3.78. The fourth-order valence-corrected chi connectivity index (χ4v) is 1.75. The lowest BCUT2D eigenvalue weighted by molar-refractivity contribution is 0.0769. The first kappa shape index (κ1) is 10.8. The lowest BCUT2D eigenvalue weighted by Gasteiger charge is -2.23. The molecule has 1 aromatic heterocycles. The van der Waals surface area contributed by atoms with E-state index in [1.54, 1.807) is 11.8 Å². The summed E-state index contributed by atoms with van der Waals surface area (Å²) in [7, 11) is 0. The van der Waals surface area contributed by atoms with Crippen molar-refractivity contribution in [3.63, 3.8) is 0 Å². The van der Waals surface area contributed by atoms with Crippen LogP contribution in [0.1, 0.15) is 22.5 Å². The van der Waals surface area contributed by atoms with Crippen LogP contribution < -0.4 is 0 Å². The first-order valence-electron chi connectivity index (χ1n) is 5.26. The second-order valence-electron chi connectivity index (χ2n) is 3.78. The molecular formula is C12H13FN2O. The van der Waals surface area contributed by atoms with Gasteiger partial charge in [0.15, 0.2) is 0 Å². The van der Waals surface area contributed by atoms with E-state index in [2.05, 4.69) is 11.1 Å². The molecule has 2 heterocycles. The molecule has 1 aromatic rings. The molecule has 0 saturated carbocycles. The summed E-state index contributed by atoms with van der Waals surface area (Å²) in [5, 5.41) is 0. The van der Waals surface area contributed by atoms with Gasteiger partial charge in [-0.2, -0.15) is 4.39 Å². The topological polar surface area (TPSA) is 33.2 Å². The maximum Gasteiger partial charge on any atom is 0.255 e. The number of hydrogen-bond donors (Lipinski definition) is 0. The lowest BCUT2D eigenvalue weighted by atomic mass is 10.1. The predicted molar refractivity (Wildman–Crippen MR) is 58.6 cm³/mol. The minimum atomic E-state index is -0.549. The quantitative estimate of drug-likeness (QED) is 0.535. The number of nitrogens with zero attached hydrogens (tertiary/aromatic N) is 2. The summed E-state index contributed by atoms with van der Waals surface area (Å²) in [4.78, 5) is 17.5. The number of carbonyl (C=O) groups is 1. The highest BCUT2D eigenvalue weighted by atomic mass is 19.1. The molecule has 0 unspecified atom stereocenters. The summed E-state index contributed by atoms with van der Waals surface area (Å²) in [6.07, 6.45) is 4.90. The summed E-state index contributed by atoms with van der Waals surface area (Å²) in [5.74, 6) is -0.623. The fourth-order valence-electron chi connectivity index (χ4n) is 1.75. The molecule has 0 aromatic carbocycles. The van der Waals surface area contributed by atoms with Crippen molar-refractivity contribution in [2.45, 2.75) is 13.3 Å². The van der Waals surface area contributed by atoms with Crippen molar-refractivity contribution < 1.29 is 9.18 Å². The van der Waals surface area contributed by atoms with E-state index in [-0.39, 0.29) is 5.91 Å². The van der Waals surface area contributed by atoms with Crippen LogP contribution >= 0.6 is 0 Å². The molecule has 0 bridgehead atoms. The molecule has 1 amide bonds. The summed E-state index contributed by atoms with van der Waals surface area (Å²) in [6, 6.07) is 2.72. The van der Waals surface area contributed by atoms with Crippen LogP contribution in [0.3, 0.4) is 0 Å². The lowest BCUT2D eigenvalue weighted by Crippen LogP contribution is -2.34. The van der Waals surface area contributed by atoms with E-state index in [0.717, 1.165) is 6.42 Å². The minimum absolute atomic E-state index is 0.0747. The van der Waals surface area contributed by atoms with Crippen LogP contribution in [0, 0.1) is 12.9 Å². The summed E-state index contributed by atoms with van der Waals surface area (Å²) < 4.78 is 12.8. The number of hydrogen-bond acceptors (Lipinski definition) is 2. The molecule has 1 aliphatic heterocycles. The number of rotatable bonds is 1. The monoisotopic (exact) mass is 220 g/mol. The average Bonchev–Trinajstić information content (AvgIpc) is 2.29. The van der Waals surface area contributed by atoms with Gasteiger partial charge in [-0.25, -0.2) is 4.98 Å². The molecule has 16 heavy (non-hydrogen) atoms. The number of halogens is 1. The van der Waals surface area contributed by atoms with Gasteiger partial charge in [0, 0.05) is 13.1 Å². The molecule has 4 heteroatoms. The highest BCUT2D eigenvalue weighted by Gasteiger charge is 2.18. The van der Waals surface area contributed by atoms with Gasteiger partial charge >= 0.3 is 0 Å². The predicted octanol–water partition coefficient (Wildman–Crippen LogP) is 1.93. The number of amides is 1. The van der Waals surface area contributed by atoms with E-state index >= 15 is 0 Å². The fraction of sp³-hybridized carbons (Fsp3) is 0.333. The normalized spacial score (nSPS) is 15.2. The van der Waals surface area contributed by atoms with Gasteiger partial charge in [0.05, 0.1) is 11.3 Å². The number of aromatic nitrogens is 1. The van der Waals surface area contributed by atoms with Gasteiger partial charge in [0.2, 0.25) is 5.95 Å². The van der Waals surface area contributed by atoms with Crippen LogP contribution in [0.25, 0.3) is 0 Å². The van der Waals surface area contributed by atoms with Crippen LogP contribution in [-0.4, -0.2) is 28.9 Å². The zero-order chi connectivity index (χ0) is 11.5. The van der Waals surface area contributed by atoms with Crippen LogP contribution in [0.2, 0.25) is 0 Å². The molecule has 84 valence electrons. The summed E-state index contributed by atoms with van der Waals surface area (Å²) >= 11 is 0. The van der Waals surface area contributed by atoms with E-state index in [1.165, 1.54) is 12.1 Å². The molecule has 0 radical (unpaired) electrons. The third-order valence-corrected chi connectivity index (χ3v) is 2.63. The highest BCUT2D eigenvalue weighted by Crippen LogP contribution is 2.12. The zero-order valence-electron chi connectivity index (χ0n) is 9.11. The van der Waals surface area contributed by atoms with Gasteiger partial charge < -0.3 is 4.90 Å². The highest BCUT2D eigenvalue weighted by molar-refractivity contribution is 5.95. The molecule has 0 saturated heterocycles. The molecule has 0 atom stereocenters. The molecular weight excluding hydrogens is 207 g/mol. The van der Waals surface area contributed by atoms with Crippen molar-refractivity contribution in [2.75, 3.05) is 13.1 Å². The third kappa shape index (κ3) is 2.10. The van der Waals surface area contributed by atoms with E-state index in [1.807, 2.05) is 6.08 Å². The number of pyridine rings is 1. The molecule has 0 fully saturated rings. The van der Waals surface area contributed by atoms with E-state index < -0.39 is 5.95 Å². The molecule has 2 rings (SSSR count). The SMILES string of the molecule is Cc1nc(F)ccc1C(=O)N1CC=CCC1. The van der Waals surface area contributed by atoms with Crippen molar-refractivity contribution >= 4 is 5.91 Å². The van der Waals surface area contributed by atoms with Gasteiger partial charge in [-0.3, -0.25) is 4.79 Å². The summed E-state index contributed by atoms with van der Waals surface area (Å²) in [5.41, 5.74) is 0.927. The first-order valence-corrected chi connectivity index (χ1v) is 5.26. The van der Waals surface area contributed by atoms with Crippen molar-refractivity contribution in [3.05, 3.63) is 41.5 Å². The van der Waals surface area contributed by atoms with Gasteiger partial charge in [-0.05, 0) is 25.5 Å². The van der Waals surface area contributed by atoms with Crippen LogP contribution in [0.15, 0.2) is 24.3 Å². The zero-order valence-corrected chi connectivity index (χ0v) is 9.11. The van der Waals surface area contributed by atoms with E-state index in [9.17, 15) is 9.18 Å². The van der Waals surface area contributed by atoms with Crippen LogP contribution in [-0.2, 0) is 0 Å². The molecule has 1 aliphatic rings. The van der Waals surface area contributed by atoms with Gasteiger partial charge in [-0.15, -0.1) is 0 Å². The standard InChI is InChI=1S/C12H13FN2O/c1-9-10(5-6-11(13)14-9)12(16)15-7-3-2-4-8-15/h2-3,5-6H,4,7-8H2,1H3. The first-order chi connectivity index (χ1) is 7.68. The second kappa shape index (κ2) is 4.43. The Labute approximate surface area is 93.6 Å². The molecule has 0 spiro atoms. The largest absolute Gasteiger partial charge is 0.335 e. The van der Waals surface area contributed by atoms with E-state index in [0.29, 0.717) is 24.3 Å². The maximum absolute atomic E-state index is 12.8. The van der Waals surface area contributed by atoms with Gasteiger partial charge in [-0.1, -0.05) is 12.2 Å². The Morgan fingerprint density at radius 2 is 2.25 bits per heavy atom. The molecule has 0 aliphatic carbocycles. The Morgan fingerprint density at radius 3 is 2.88 bits per heavy atom. The molecule has 0 N–H and O–H groups in total. The van der Waals surface area contributed by atoms with Crippen molar-refractivity contribution in [1.82, 2.24) is 9.88 Å². The minimum Gasteiger partial charge on any atom is -0.335 e. The smallest absolute Gasteiger partial charge is 0.255 e. The van der Waals surface area contributed by atoms with E-state index in [4.69, 9.17) is 0 Å².